The lowest BCUT2D eigenvalue weighted by Crippen LogP contribution is -2.16. The number of H-pyrrole nitrogens is 1. The van der Waals surface area contributed by atoms with Crippen molar-refractivity contribution in [1.29, 1.82) is 0 Å². The third-order valence-corrected chi connectivity index (χ3v) is 3.08. The molecule has 0 unspecified atom stereocenters. The minimum atomic E-state index is -0.232. The molecular formula is C13H8N6O. The van der Waals surface area contributed by atoms with Gasteiger partial charge in [-0.1, -0.05) is 0 Å². The molecule has 4 heterocycles. The Morgan fingerprint density at radius 2 is 1.85 bits per heavy atom. The number of rotatable bonds is 1. The fourth-order valence-corrected chi connectivity index (χ4v) is 2.15. The van der Waals surface area contributed by atoms with E-state index in [-0.39, 0.29) is 5.56 Å². The number of fused-ring (bicyclic) bond motifs is 3. The van der Waals surface area contributed by atoms with E-state index < -0.39 is 0 Å². The van der Waals surface area contributed by atoms with E-state index in [1.165, 1.54) is 4.68 Å². The summed E-state index contributed by atoms with van der Waals surface area (Å²) in [6.45, 7) is 0. The molecule has 0 aromatic carbocycles. The summed E-state index contributed by atoms with van der Waals surface area (Å²) >= 11 is 0. The smallest absolute Gasteiger partial charge is 0.283 e. The van der Waals surface area contributed by atoms with Crippen molar-refractivity contribution in [2.75, 3.05) is 0 Å². The minimum Gasteiger partial charge on any atom is -0.287 e. The van der Waals surface area contributed by atoms with Gasteiger partial charge in [0.15, 0.2) is 0 Å². The highest BCUT2D eigenvalue weighted by atomic mass is 16.1. The normalized spacial score (nSPS) is 11.2. The van der Waals surface area contributed by atoms with Gasteiger partial charge in [-0.3, -0.25) is 19.9 Å². The molecule has 0 radical (unpaired) electrons. The molecular weight excluding hydrogens is 256 g/mol. The highest BCUT2D eigenvalue weighted by molar-refractivity contribution is 6.02. The number of hydrogen-bond donors (Lipinski definition) is 1. The van der Waals surface area contributed by atoms with Gasteiger partial charge < -0.3 is 0 Å². The summed E-state index contributed by atoms with van der Waals surface area (Å²) in [5, 5.41) is 4.30. The van der Waals surface area contributed by atoms with Crippen LogP contribution in [0.15, 0.2) is 47.9 Å². The first-order chi connectivity index (χ1) is 9.84. The summed E-state index contributed by atoms with van der Waals surface area (Å²) in [6.07, 6.45) is 8.06. The van der Waals surface area contributed by atoms with Gasteiger partial charge in [0.25, 0.3) is 11.5 Å². The van der Waals surface area contributed by atoms with Gasteiger partial charge in [-0.05, 0) is 12.1 Å². The molecule has 0 saturated carbocycles. The van der Waals surface area contributed by atoms with Crippen LogP contribution in [0.4, 0.5) is 0 Å². The molecule has 7 nitrogen and oxygen atoms in total. The Balaban J connectivity index is 2.13. The number of pyridine rings is 2. The summed E-state index contributed by atoms with van der Waals surface area (Å²) in [5.41, 5.74) is 1.22. The van der Waals surface area contributed by atoms with Crippen LogP contribution in [0, 0.1) is 0 Å². The summed E-state index contributed by atoms with van der Waals surface area (Å²) in [7, 11) is 0. The van der Waals surface area contributed by atoms with Crippen LogP contribution in [-0.2, 0) is 0 Å². The molecule has 0 bridgehead atoms. The number of nitrogens with zero attached hydrogens (tertiary/aromatic N) is 5. The zero-order valence-electron chi connectivity index (χ0n) is 10.2. The van der Waals surface area contributed by atoms with E-state index >= 15 is 0 Å². The number of hydrogen-bond acceptors (Lipinski definition) is 5. The van der Waals surface area contributed by atoms with Crippen LogP contribution in [0.5, 0.6) is 0 Å². The van der Waals surface area contributed by atoms with Crippen LogP contribution in [0.25, 0.3) is 27.8 Å². The van der Waals surface area contributed by atoms with E-state index in [0.29, 0.717) is 16.9 Å². The first-order valence-corrected chi connectivity index (χ1v) is 5.95. The average molecular weight is 264 g/mol. The van der Waals surface area contributed by atoms with Crippen molar-refractivity contribution in [3.05, 3.63) is 53.5 Å². The van der Waals surface area contributed by atoms with Gasteiger partial charge in [-0.2, -0.15) is 4.68 Å². The largest absolute Gasteiger partial charge is 0.287 e. The van der Waals surface area contributed by atoms with Crippen LogP contribution in [0.3, 0.4) is 0 Å². The Labute approximate surface area is 111 Å². The second-order valence-corrected chi connectivity index (χ2v) is 4.24. The molecule has 4 rings (SSSR count). The van der Waals surface area contributed by atoms with Crippen molar-refractivity contribution in [2.24, 2.45) is 0 Å². The van der Waals surface area contributed by atoms with Crippen molar-refractivity contribution >= 4 is 21.8 Å². The highest BCUT2D eigenvalue weighted by Gasteiger charge is 2.12. The van der Waals surface area contributed by atoms with Gasteiger partial charge in [-0.25, -0.2) is 9.97 Å². The summed E-state index contributed by atoms with van der Waals surface area (Å²) in [6, 6.07) is 3.49. The van der Waals surface area contributed by atoms with Gasteiger partial charge in [0.05, 0.1) is 16.4 Å². The van der Waals surface area contributed by atoms with Crippen LogP contribution in [0.1, 0.15) is 0 Å². The Bertz CT molecular complexity index is 972. The van der Waals surface area contributed by atoms with Gasteiger partial charge in [0.2, 0.25) is 0 Å². The first-order valence-electron chi connectivity index (χ1n) is 5.95. The number of aromatic nitrogens is 6. The van der Waals surface area contributed by atoms with Crippen LogP contribution >= 0.6 is 0 Å². The van der Waals surface area contributed by atoms with E-state index in [1.807, 2.05) is 0 Å². The van der Waals surface area contributed by atoms with E-state index in [4.69, 9.17) is 0 Å². The maximum atomic E-state index is 12.4. The summed E-state index contributed by atoms with van der Waals surface area (Å²) in [4.78, 5) is 28.8. The second-order valence-electron chi connectivity index (χ2n) is 4.24. The Hall–Kier alpha value is -3.09. The molecule has 0 saturated heterocycles. The molecule has 0 aliphatic rings. The Morgan fingerprint density at radius 1 is 1.00 bits per heavy atom. The molecule has 0 atom stereocenters. The number of nitrogens with one attached hydrogen (secondary N) is 1. The Morgan fingerprint density at radius 3 is 2.70 bits per heavy atom. The molecule has 0 aliphatic carbocycles. The average Bonchev–Trinajstić information content (AvgIpc) is 2.86. The van der Waals surface area contributed by atoms with Crippen LogP contribution in [-0.4, -0.2) is 29.7 Å². The van der Waals surface area contributed by atoms with Crippen molar-refractivity contribution in [1.82, 2.24) is 29.7 Å². The van der Waals surface area contributed by atoms with Crippen molar-refractivity contribution < 1.29 is 0 Å². The molecule has 0 amide bonds. The van der Waals surface area contributed by atoms with Gasteiger partial charge >= 0.3 is 0 Å². The molecule has 0 spiro atoms. The lowest BCUT2D eigenvalue weighted by Gasteiger charge is -1.97. The zero-order chi connectivity index (χ0) is 13.5. The van der Waals surface area contributed by atoms with Crippen molar-refractivity contribution in [3.63, 3.8) is 0 Å². The summed E-state index contributed by atoms with van der Waals surface area (Å²) in [5.74, 6) is 0.297. The number of aromatic amines is 1. The van der Waals surface area contributed by atoms with E-state index in [9.17, 15) is 4.79 Å². The standard InChI is InChI=1S/C13H8N6O/c20-12-9-7-17-10-2-5-14-6-8(10)11(9)18-19(12)13-15-3-1-4-16-13/h1-7,18H. The van der Waals surface area contributed by atoms with Gasteiger partial charge in [-0.15, -0.1) is 0 Å². The molecule has 7 heteroatoms. The maximum Gasteiger partial charge on any atom is 0.283 e. The topological polar surface area (TPSA) is 89.4 Å². The van der Waals surface area contributed by atoms with Crippen LogP contribution < -0.4 is 5.56 Å². The minimum absolute atomic E-state index is 0.232. The maximum absolute atomic E-state index is 12.4. The predicted molar refractivity (Wildman–Crippen MR) is 72.6 cm³/mol. The van der Waals surface area contributed by atoms with E-state index in [2.05, 4.69) is 25.0 Å². The SMILES string of the molecule is O=c1c2cnc3ccncc3c2[nH]n1-c1ncccn1. The molecule has 96 valence electrons. The first kappa shape index (κ1) is 10.8. The quantitative estimate of drug-likeness (QED) is 0.555. The fraction of sp³-hybridized carbons (Fsp3) is 0. The van der Waals surface area contributed by atoms with Crippen molar-refractivity contribution in [3.8, 4) is 5.95 Å². The fourth-order valence-electron chi connectivity index (χ4n) is 2.15. The Kier molecular flexibility index (Phi) is 2.13. The molecule has 4 aromatic rings. The van der Waals surface area contributed by atoms with Gasteiger partial charge in [0, 0.05) is 36.4 Å². The lowest BCUT2D eigenvalue weighted by molar-refractivity contribution is 0.794. The molecule has 1 N–H and O–H groups in total. The van der Waals surface area contributed by atoms with Crippen LogP contribution in [0.2, 0.25) is 0 Å². The zero-order valence-corrected chi connectivity index (χ0v) is 10.2. The second kappa shape index (κ2) is 3.95. The van der Waals surface area contributed by atoms with Gasteiger partial charge in [0.1, 0.15) is 0 Å². The highest BCUT2D eigenvalue weighted by Crippen LogP contribution is 2.18. The molecule has 4 aromatic heterocycles. The summed E-state index contributed by atoms with van der Waals surface area (Å²) < 4.78 is 1.30. The molecule has 0 aliphatic heterocycles. The van der Waals surface area contributed by atoms with E-state index in [1.54, 1.807) is 43.1 Å². The predicted octanol–water partition coefficient (Wildman–Crippen LogP) is 1.05. The lowest BCUT2D eigenvalue weighted by atomic mass is 10.2. The van der Waals surface area contributed by atoms with E-state index in [0.717, 1.165) is 10.9 Å². The molecule has 0 fully saturated rings. The van der Waals surface area contributed by atoms with Crippen molar-refractivity contribution in [2.45, 2.75) is 0 Å². The monoisotopic (exact) mass is 264 g/mol. The third kappa shape index (κ3) is 1.43. The third-order valence-electron chi connectivity index (χ3n) is 3.08. The molecule has 20 heavy (non-hydrogen) atoms.